The van der Waals surface area contributed by atoms with Crippen molar-refractivity contribution in [3.8, 4) is 0 Å². The smallest absolute Gasteiger partial charge is 0.290 e. The minimum Gasteiger partial charge on any atom is -0.483 e. The summed E-state index contributed by atoms with van der Waals surface area (Å²) < 4.78 is 11.1. The maximum atomic E-state index is 12.4. The van der Waals surface area contributed by atoms with Gasteiger partial charge in [0.05, 0.1) is 32.5 Å². The molecule has 0 bridgehead atoms. The average Bonchev–Trinajstić information content (AvgIpc) is 2.62. The van der Waals surface area contributed by atoms with E-state index in [2.05, 4.69) is 9.80 Å². The molecule has 2 heterocycles. The topological polar surface area (TPSA) is 79.3 Å². The summed E-state index contributed by atoms with van der Waals surface area (Å²) in [5.41, 5.74) is 0. The summed E-state index contributed by atoms with van der Waals surface area (Å²) in [6.45, 7) is 5.33. The van der Waals surface area contributed by atoms with Crippen LogP contribution in [-0.2, 0) is 19.1 Å². The van der Waals surface area contributed by atoms with Gasteiger partial charge in [0, 0.05) is 25.7 Å². The second-order valence-electron chi connectivity index (χ2n) is 6.62. The Bertz CT molecular complexity index is 381. The van der Waals surface area contributed by atoms with Crippen LogP contribution in [0.15, 0.2) is 0 Å². The van der Waals surface area contributed by atoms with Crippen LogP contribution in [0.25, 0.3) is 0 Å². The number of nitrogens with zero attached hydrogens (tertiary/aromatic N) is 2. The number of amides is 1. The third-order valence-corrected chi connectivity index (χ3v) is 5.00. The fourth-order valence-electron chi connectivity index (χ4n) is 3.73. The number of carbonyl (C=O) groups is 2. The Labute approximate surface area is 143 Å². The molecule has 1 amide bonds. The highest BCUT2D eigenvalue weighted by Crippen LogP contribution is 2.24. The lowest BCUT2D eigenvalue weighted by Gasteiger charge is -2.40. The Balaban J connectivity index is 0.000000647. The van der Waals surface area contributed by atoms with E-state index in [0.717, 1.165) is 32.7 Å². The van der Waals surface area contributed by atoms with Crippen LogP contribution in [0.4, 0.5) is 0 Å². The Morgan fingerprint density at radius 1 is 1.17 bits per heavy atom. The monoisotopic (exact) mass is 342 g/mol. The third kappa shape index (κ3) is 6.03. The molecule has 7 heteroatoms. The van der Waals surface area contributed by atoms with E-state index in [-0.39, 0.29) is 12.6 Å². The largest absolute Gasteiger partial charge is 0.483 e. The van der Waals surface area contributed by atoms with Gasteiger partial charge in [-0.15, -0.1) is 0 Å². The van der Waals surface area contributed by atoms with Gasteiger partial charge in [-0.25, -0.2) is 0 Å². The van der Waals surface area contributed by atoms with Gasteiger partial charge in [0.15, 0.2) is 0 Å². The molecule has 1 N–H and O–H groups in total. The number of carboxylic acid groups (broad SMARTS) is 1. The zero-order chi connectivity index (χ0) is 17.2. The van der Waals surface area contributed by atoms with Crippen molar-refractivity contribution < 1.29 is 24.2 Å². The maximum Gasteiger partial charge on any atom is 0.290 e. The summed E-state index contributed by atoms with van der Waals surface area (Å²) in [5.74, 6) is 0.328. The first-order chi connectivity index (χ1) is 11.7. The Morgan fingerprint density at radius 2 is 1.92 bits per heavy atom. The number of rotatable bonds is 4. The van der Waals surface area contributed by atoms with E-state index in [9.17, 15) is 4.79 Å². The van der Waals surface area contributed by atoms with Crippen LogP contribution in [0.5, 0.6) is 0 Å². The van der Waals surface area contributed by atoms with E-state index in [1.54, 1.807) is 0 Å². The summed E-state index contributed by atoms with van der Waals surface area (Å²) in [6.07, 6.45) is 7.52. The maximum absolute atomic E-state index is 12.4. The quantitative estimate of drug-likeness (QED) is 0.767. The fraction of sp³-hybridized carbons (Fsp3) is 0.882. The van der Waals surface area contributed by atoms with Crippen molar-refractivity contribution in [1.29, 1.82) is 0 Å². The molecular weight excluding hydrogens is 312 g/mol. The van der Waals surface area contributed by atoms with Gasteiger partial charge in [0.2, 0.25) is 5.91 Å². The molecule has 3 rings (SSSR count). The lowest BCUT2D eigenvalue weighted by molar-refractivity contribution is -0.140. The van der Waals surface area contributed by atoms with Crippen molar-refractivity contribution in [3.63, 3.8) is 0 Å². The van der Waals surface area contributed by atoms with Gasteiger partial charge in [0.25, 0.3) is 6.47 Å². The van der Waals surface area contributed by atoms with Crippen molar-refractivity contribution in [3.05, 3.63) is 0 Å². The number of ether oxygens (including phenoxy) is 2. The standard InChI is InChI=1S/C16H28N2O3.CH2O2/c19-16-12-17(7-6-15-13-20-10-11-21-15)8-9-18(16)14-4-2-1-3-5-14;2-1-3/h14-15H,1-13H2;1H,(H,2,3). The van der Waals surface area contributed by atoms with Crippen LogP contribution in [0, 0.1) is 0 Å². The van der Waals surface area contributed by atoms with Crippen molar-refractivity contribution >= 4 is 12.4 Å². The minimum absolute atomic E-state index is 0.213. The summed E-state index contributed by atoms with van der Waals surface area (Å²) in [6, 6.07) is 0.517. The lowest BCUT2D eigenvalue weighted by atomic mass is 9.93. The first-order valence-corrected chi connectivity index (χ1v) is 9.03. The Hall–Kier alpha value is -1.18. The van der Waals surface area contributed by atoms with Crippen molar-refractivity contribution in [2.24, 2.45) is 0 Å². The SMILES string of the molecule is O=C1CN(CCC2COCCO2)CCN1C1CCCCC1.O=CO. The van der Waals surface area contributed by atoms with Crippen molar-refractivity contribution in [1.82, 2.24) is 9.80 Å². The number of hydrogen-bond acceptors (Lipinski definition) is 5. The molecule has 2 aliphatic heterocycles. The zero-order valence-corrected chi connectivity index (χ0v) is 14.4. The Morgan fingerprint density at radius 3 is 2.54 bits per heavy atom. The molecule has 0 aromatic carbocycles. The van der Waals surface area contributed by atoms with Crippen LogP contribution in [0.2, 0.25) is 0 Å². The molecule has 3 aliphatic rings. The molecule has 0 spiro atoms. The molecule has 0 radical (unpaired) electrons. The molecule has 24 heavy (non-hydrogen) atoms. The molecule has 0 aromatic rings. The van der Waals surface area contributed by atoms with E-state index in [1.807, 2.05) is 0 Å². The van der Waals surface area contributed by atoms with Gasteiger partial charge in [-0.3, -0.25) is 14.5 Å². The summed E-state index contributed by atoms with van der Waals surface area (Å²) in [5, 5.41) is 6.89. The predicted molar refractivity (Wildman–Crippen MR) is 88.9 cm³/mol. The molecule has 1 atom stereocenters. The number of carbonyl (C=O) groups excluding carboxylic acids is 1. The van der Waals surface area contributed by atoms with Gasteiger partial charge < -0.3 is 19.5 Å². The summed E-state index contributed by atoms with van der Waals surface area (Å²) >= 11 is 0. The minimum atomic E-state index is -0.250. The van der Waals surface area contributed by atoms with Crippen LogP contribution in [-0.4, -0.2) is 85.4 Å². The summed E-state index contributed by atoms with van der Waals surface area (Å²) in [4.78, 5) is 25.2. The van der Waals surface area contributed by atoms with E-state index >= 15 is 0 Å². The van der Waals surface area contributed by atoms with Crippen molar-refractivity contribution in [2.75, 3.05) is 46.0 Å². The average molecular weight is 342 g/mol. The van der Waals surface area contributed by atoms with Gasteiger partial charge in [-0.2, -0.15) is 0 Å². The lowest BCUT2D eigenvalue weighted by Crippen LogP contribution is -2.54. The van der Waals surface area contributed by atoms with Crippen molar-refractivity contribution in [2.45, 2.75) is 50.7 Å². The highest BCUT2D eigenvalue weighted by atomic mass is 16.6. The first-order valence-electron chi connectivity index (χ1n) is 9.03. The summed E-state index contributed by atoms with van der Waals surface area (Å²) in [7, 11) is 0. The van der Waals surface area contributed by atoms with Crippen LogP contribution >= 0.6 is 0 Å². The molecule has 138 valence electrons. The predicted octanol–water partition coefficient (Wildman–Crippen LogP) is 0.970. The van der Waals surface area contributed by atoms with Gasteiger partial charge in [-0.1, -0.05) is 19.3 Å². The third-order valence-electron chi connectivity index (χ3n) is 5.00. The van der Waals surface area contributed by atoms with E-state index < -0.39 is 0 Å². The molecule has 1 unspecified atom stereocenters. The molecule has 1 saturated carbocycles. The molecule has 2 saturated heterocycles. The number of piperazine rings is 1. The highest BCUT2D eigenvalue weighted by molar-refractivity contribution is 5.79. The molecule has 7 nitrogen and oxygen atoms in total. The van der Waals surface area contributed by atoms with Crippen LogP contribution in [0.1, 0.15) is 38.5 Å². The van der Waals surface area contributed by atoms with E-state index in [1.165, 1.54) is 32.1 Å². The van der Waals surface area contributed by atoms with E-state index in [4.69, 9.17) is 19.4 Å². The normalized spacial score (nSPS) is 26.6. The second-order valence-corrected chi connectivity index (χ2v) is 6.62. The fourth-order valence-corrected chi connectivity index (χ4v) is 3.73. The molecular formula is C17H30N2O5. The van der Waals surface area contributed by atoms with E-state index in [0.29, 0.717) is 31.7 Å². The molecule has 0 aromatic heterocycles. The Kier molecular flexibility index (Phi) is 8.49. The van der Waals surface area contributed by atoms with Crippen LogP contribution < -0.4 is 0 Å². The molecule has 1 aliphatic carbocycles. The zero-order valence-electron chi connectivity index (χ0n) is 14.4. The van der Waals surface area contributed by atoms with Gasteiger partial charge >= 0.3 is 0 Å². The van der Waals surface area contributed by atoms with Gasteiger partial charge in [-0.05, 0) is 19.3 Å². The second kappa shape index (κ2) is 10.6. The number of hydrogen-bond donors (Lipinski definition) is 1. The van der Waals surface area contributed by atoms with Crippen LogP contribution in [0.3, 0.4) is 0 Å². The van der Waals surface area contributed by atoms with Gasteiger partial charge in [0.1, 0.15) is 0 Å². The first kappa shape index (κ1) is 19.1. The molecule has 3 fully saturated rings. The highest BCUT2D eigenvalue weighted by Gasteiger charge is 2.30.